The third-order valence-corrected chi connectivity index (χ3v) is 2.92. The summed E-state index contributed by atoms with van der Waals surface area (Å²) in [6.07, 6.45) is 0.343. The van der Waals surface area contributed by atoms with Gasteiger partial charge in [0, 0.05) is 12.2 Å². The second-order valence-electron chi connectivity index (χ2n) is 4.51. The van der Waals surface area contributed by atoms with Crippen molar-refractivity contribution in [2.75, 3.05) is 11.4 Å². The van der Waals surface area contributed by atoms with Gasteiger partial charge < -0.3 is 14.5 Å². The molecular weight excluding hydrogens is 242 g/mol. The van der Waals surface area contributed by atoms with E-state index in [0.717, 1.165) is 5.69 Å². The summed E-state index contributed by atoms with van der Waals surface area (Å²) in [6.45, 7) is 4.80. The number of aliphatic hydroxyl groups is 1. The fourth-order valence-corrected chi connectivity index (χ4v) is 1.85. The van der Waals surface area contributed by atoms with Gasteiger partial charge in [-0.1, -0.05) is 30.3 Å². The molecule has 0 aliphatic carbocycles. The third-order valence-electron chi connectivity index (χ3n) is 2.92. The molecule has 0 fully saturated rings. The van der Waals surface area contributed by atoms with Crippen molar-refractivity contribution in [1.29, 1.82) is 0 Å². The fourth-order valence-electron chi connectivity index (χ4n) is 1.85. The van der Waals surface area contributed by atoms with E-state index >= 15 is 0 Å². The Balaban J connectivity index is 2.14. The van der Waals surface area contributed by atoms with Crippen molar-refractivity contribution < 1.29 is 9.63 Å². The van der Waals surface area contributed by atoms with Gasteiger partial charge in [-0.2, -0.15) is 4.98 Å². The largest absolute Gasteiger partial charge is 0.391 e. The van der Waals surface area contributed by atoms with E-state index < -0.39 is 0 Å². The Hall–Kier alpha value is -1.88. The lowest BCUT2D eigenvalue weighted by Gasteiger charge is -2.25. The smallest absolute Gasteiger partial charge is 0.246 e. The van der Waals surface area contributed by atoms with Gasteiger partial charge in [0.05, 0.1) is 12.6 Å². The summed E-state index contributed by atoms with van der Waals surface area (Å²) in [5, 5.41) is 13.7. The van der Waals surface area contributed by atoms with Crippen molar-refractivity contribution in [1.82, 2.24) is 10.1 Å². The van der Waals surface area contributed by atoms with Crippen molar-refractivity contribution in [3.8, 4) is 0 Å². The highest BCUT2D eigenvalue weighted by Crippen LogP contribution is 2.17. The topological polar surface area (TPSA) is 62.4 Å². The van der Waals surface area contributed by atoms with E-state index in [-0.39, 0.29) is 6.10 Å². The van der Waals surface area contributed by atoms with Crippen LogP contribution in [0.4, 0.5) is 5.69 Å². The zero-order valence-electron chi connectivity index (χ0n) is 11.3. The Morgan fingerprint density at radius 3 is 2.63 bits per heavy atom. The van der Waals surface area contributed by atoms with Gasteiger partial charge in [-0.25, -0.2) is 0 Å². The molecule has 0 saturated heterocycles. The maximum atomic E-state index is 9.86. The van der Waals surface area contributed by atoms with E-state index in [1.807, 2.05) is 42.2 Å². The number of aryl methyl sites for hydroxylation is 1. The minimum atomic E-state index is -0.371. The van der Waals surface area contributed by atoms with Crippen LogP contribution in [-0.4, -0.2) is 27.9 Å². The van der Waals surface area contributed by atoms with Gasteiger partial charge in [0.1, 0.15) is 0 Å². The quantitative estimate of drug-likeness (QED) is 0.863. The first-order chi connectivity index (χ1) is 9.19. The fraction of sp³-hybridized carbons (Fsp3) is 0.429. The highest BCUT2D eigenvalue weighted by Gasteiger charge is 2.14. The number of nitrogens with zero attached hydrogens (tertiary/aromatic N) is 3. The first-order valence-electron chi connectivity index (χ1n) is 6.46. The third kappa shape index (κ3) is 3.79. The Kier molecular flexibility index (Phi) is 4.52. The molecule has 1 N–H and O–H groups in total. The van der Waals surface area contributed by atoms with Gasteiger partial charge in [-0.3, -0.25) is 0 Å². The second kappa shape index (κ2) is 6.33. The molecule has 5 nitrogen and oxygen atoms in total. The minimum Gasteiger partial charge on any atom is -0.391 e. The molecule has 1 atom stereocenters. The van der Waals surface area contributed by atoms with Crippen molar-refractivity contribution in [2.24, 2.45) is 0 Å². The Labute approximate surface area is 112 Å². The molecule has 1 unspecified atom stereocenters. The molecule has 0 aliphatic heterocycles. The van der Waals surface area contributed by atoms with Crippen LogP contribution in [-0.2, 0) is 6.54 Å². The number of para-hydroxylation sites is 1. The molecule has 0 aliphatic rings. The summed E-state index contributed by atoms with van der Waals surface area (Å²) in [5.74, 6) is 1.18. The predicted octanol–water partition coefficient (Wildman–Crippen LogP) is 2.16. The van der Waals surface area contributed by atoms with Crippen molar-refractivity contribution in [3.05, 3.63) is 42.0 Å². The molecule has 0 spiro atoms. The van der Waals surface area contributed by atoms with Crippen LogP contribution in [0.1, 0.15) is 25.1 Å². The average molecular weight is 261 g/mol. The molecule has 2 aromatic rings. The second-order valence-corrected chi connectivity index (χ2v) is 4.51. The molecule has 102 valence electrons. The van der Waals surface area contributed by atoms with E-state index in [0.29, 0.717) is 31.2 Å². The Morgan fingerprint density at radius 1 is 1.32 bits per heavy atom. The van der Waals surface area contributed by atoms with Crippen LogP contribution in [0.25, 0.3) is 0 Å². The molecule has 0 amide bonds. The maximum Gasteiger partial charge on any atom is 0.246 e. The number of aromatic nitrogens is 2. The summed E-state index contributed by atoms with van der Waals surface area (Å²) in [5.41, 5.74) is 1.03. The van der Waals surface area contributed by atoms with Gasteiger partial charge in [-0.15, -0.1) is 0 Å². The molecule has 1 heterocycles. The van der Waals surface area contributed by atoms with Gasteiger partial charge in [-0.05, 0) is 25.5 Å². The lowest BCUT2D eigenvalue weighted by atomic mass is 10.2. The first kappa shape index (κ1) is 13.5. The first-order valence-corrected chi connectivity index (χ1v) is 6.46. The number of aliphatic hydroxyl groups excluding tert-OH is 1. The van der Waals surface area contributed by atoms with Crippen LogP contribution in [0.3, 0.4) is 0 Å². The number of hydrogen-bond donors (Lipinski definition) is 1. The molecule has 2 rings (SSSR count). The van der Waals surface area contributed by atoms with Crippen LogP contribution < -0.4 is 4.90 Å². The number of benzene rings is 1. The van der Waals surface area contributed by atoms with Crippen LogP contribution in [0, 0.1) is 6.92 Å². The van der Waals surface area contributed by atoms with Crippen LogP contribution in [0.5, 0.6) is 0 Å². The normalized spacial score (nSPS) is 12.4. The summed E-state index contributed by atoms with van der Waals surface area (Å²) in [7, 11) is 0. The monoisotopic (exact) mass is 261 g/mol. The summed E-state index contributed by atoms with van der Waals surface area (Å²) in [4.78, 5) is 6.25. The zero-order valence-corrected chi connectivity index (χ0v) is 11.3. The Bertz CT molecular complexity index is 498. The molecule has 1 aromatic heterocycles. The molecule has 0 saturated carbocycles. The number of anilines is 1. The van der Waals surface area contributed by atoms with Gasteiger partial charge in [0.25, 0.3) is 0 Å². The summed E-state index contributed by atoms with van der Waals surface area (Å²) < 4.78 is 5.15. The van der Waals surface area contributed by atoms with Crippen molar-refractivity contribution in [3.63, 3.8) is 0 Å². The highest BCUT2D eigenvalue weighted by atomic mass is 16.5. The molecular formula is C14H19N3O2. The van der Waals surface area contributed by atoms with Crippen LogP contribution in [0.15, 0.2) is 34.9 Å². The highest BCUT2D eigenvalue weighted by molar-refractivity contribution is 5.46. The summed E-state index contributed by atoms with van der Waals surface area (Å²) >= 11 is 0. The van der Waals surface area contributed by atoms with E-state index in [4.69, 9.17) is 4.52 Å². The SMILES string of the molecule is CCC(O)CN(Cc1nc(C)no1)c1ccccc1. The average Bonchev–Trinajstić information content (AvgIpc) is 2.84. The molecule has 5 heteroatoms. The zero-order chi connectivity index (χ0) is 13.7. The van der Waals surface area contributed by atoms with Gasteiger partial charge >= 0.3 is 0 Å². The minimum absolute atomic E-state index is 0.371. The van der Waals surface area contributed by atoms with Gasteiger partial charge in [0.2, 0.25) is 5.89 Å². The van der Waals surface area contributed by atoms with Crippen molar-refractivity contribution >= 4 is 5.69 Å². The Morgan fingerprint density at radius 2 is 2.05 bits per heavy atom. The molecule has 0 bridgehead atoms. The van der Waals surface area contributed by atoms with Gasteiger partial charge in [0.15, 0.2) is 5.82 Å². The lowest BCUT2D eigenvalue weighted by Crippen LogP contribution is -2.31. The maximum absolute atomic E-state index is 9.86. The number of rotatable bonds is 6. The lowest BCUT2D eigenvalue weighted by molar-refractivity contribution is 0.174. The molecule has 19 heavy (non-hydrogen) atoms. The van der Waals surface area contributed by atoms with E-state index in [1.54, 1.807) is 6.92 Å². The van der Waals surface area contributed by atoms with E-state index in [2.05, 4.69) is 10.1 Å². The molecule has 0 radical (unpaired) electrons. The number of hydrogen-bond acceptors (Lipinski definition) is 5. The standard InChI is InChI=1S/C14H19N3O2/c1-3-13(18)9-17(12-7-5-4-6-8-12)10-14-15-11(2)16-19-14/h4-8,13,18H,3,9-10H2,1-2H3. The summed E-state index contributed by atoms with van der Waals surface area (Å²) in [6, 6.07) is 9.92. The van der Waals surface area contributed by atoms with Crippen molar-refractivity contribution in [2.45, 2.75) is 32.9 Å². The van der Waals surface area contributed by atoms with Crippen LogP contribution in [0.2, 0.25) is 0 Å². The van der Waals surface area contributed by atoms with E-state index in [9.17, 15) is 5.11 Å². The molecule has 1 aromatic carbocycles. The van der Waals surface area contributed by atoms with Crippen LogP contribution >= 0.6 is 0 Å². The predicted molar refractivity (Wildman–Crippen MR) is 72.8 cm³/mol. The van der Waals surface area contributed by atoms with E-state index in [1.165, 1.54) is 0 Å².